The third-order valence-electron chi connectivity index (χ3n) is 1.22. The van der Waals surface area contributed by atoms with Crippen molar-refractivity contribution in [3.8, 4) is 0 Å². The zero-order valence-electron chi connectivity index (χ0n) is 9.42. The van der Waals surface area contributed by atoms with Gasteiger partial charge in [-0.15, -0.1) is 0 Å². The van der Waals surface area contributed by atoms with E-state index in [1.165, 1.54) is 0 Å². The van der Waals surface area contributed by atoms with Crippen LogP contribution < -0.4 is 0 Å². The molecule has 0 unspecified atom stereocenters. The average molecular weight is 389 g/mol. The van der Waals surface area contributed by atoms with Crippen LogP contribution in [0.2, 0.25) is 0 Å². The smallest absolute Gasteiger partial charge is 0.0623 e. The van der Waals surface area contributed by atoms with Crippen LogP contribution in [-0.2, 0) is 19.5 Å². The Morgan fingerprint density at radius 3 is 0.632 bits per heavy atom. The molecule has 2 rings (SSSR count). The van der Waals surface area contributed by atoms with E-state index in [0.717, 1.165) is 0 Å². The molecule has 1 fully saturated rings. The Labute approximate surface area is 121 Å². The largest absolute Gasteiger partial charge is 2.00 e. The molecule has 0 aliphatic heterocycles. The molecular weight excluding hydrogens is 378 g/mol. The van der Waals surface area contributed by atoms with Crippen LogP contribution in [-0.4, -0.2) is 0 Å². The van der Waals surface area contributed by atoms with E-state index in [0.29, 0.717) is 0 Å². The molecule has 0 aromatic heterocycles. The van der Waals surface area contributed by atoms with Crippen LogP contribution in [0.3, 0.4) is 0 Å². The number of rotatable bonds is 0. The first kappa shape index (κ1) is 21.2. The van der Waals surface area contributed by atoms with E-state index in [1.54, 1.807) is 0 Å². The molecule has 0 atom stereocenters. The minimum atomic E-state index is -10.7. The summed E-state index contributed by atoms with van der Waals surface area (Å²) >= 11 is 0. The summed E-state index contributed by atoms with van der Waals surface area (Å²) in [6.07, 6.45) is 10.0. The van der Waals surface area contributed by atoms with Gasteiger partial charge in [0.1, 0.15) is 0 Å². The summed E-state index contributed by atoms with van der Waals surface area (Å²) < 4.78 is 59.2. The van der Waals surface area contributed by atoms with Crippen molar-refractivity contribution in [2.75, 3.05) is 0 Å². The van der Waals surface area contributed by atoms with E-state index < -0.39 is 7.81 Å². The van der Waals surface area contributed by atoms with Crippen LogP contribution in [0.25, 0.3) is 0 Å². The maximum absolute atomic E-state index is 10.7. The van der Waals surface area contributed by atoms with Crippen LogP contribution in [0.15, 0.2) is 36.4 Å². The molecule has 1 aliphatic rings. The first-order valence-corrected chi connectivity index (χ1v) is 6.71. The van der Waals surface area contributed by atoms with Crippen molar-refractivity contribution in [2.45, 2.75) is 0 Å². The predicted octanol–water partition coefficient (Wildman–Crippen LogP) is 6.09. The zero-order chi connectivity index (χ0) is 14.2. The van der Waals surface area contributed by atoms with Gasteiger partial charge in [0.2, 0.25) is 0 Å². The second-order valence-corrected chi connectivity index (χ2v) is 4.99. The molecule has 1 aromatic carbocycles. The topological polar surface area (TPSA) is 0 Å². The second-order valence-electron chi connectivity index (χ2n) is 3.08. The number of benzene rings is 1. The Kier molecular flexibility index (Phi) is 8.45. The summed E-state index contributed by atoms with van der Waals surface area (Å²) in [5, 5.41) is 0. The second kappa shape index (κ2) is 7.59. The van der Waals surface area contributed by atoms with E-state index in [1.807, 2.05) is 68.5 Å². The Morgan fingerprint density at radius 2 is 0.526 bits per heavy atom. The van der Waals surface area contributed by atoms with Gasteiger partial charge in [-0.05, 0) is 32.1 Å². The van der Waals surface area contributed by atoms with Gasteiger partial charge in [-0.2, -0.15) is 0 Å². The normalized spacial score (nSPS) is 17.4. The van der Waals surface area contributed by atoms with E-state index >= 15 is 0 Å². The fourth-order valence-corrected chi connectivity index (χ4v) is 0.706. The first-order valence-electron chi connectivity index (χ1n) is 4.68. The molecule has 1 aromatic rings. The predicted molar refractivity (Wildman–Crippen MR) is 61.5 cm³/mol. The molecule has 0 bridgehead atoms. The molecule has 109 valence electrons. The van der Waals surface area contributed by atoms with Crippen LogP contribution in [0, 0.1) is 32.1 Å². The third kappa shape index (κ3) is 38.1. The van der Waals surface area contributed by atoms with Crippen LogP contribution in [0.1, 0.15) is 0 Å². The molecule has 0 heterocycles. The summed E-state index contributed by atoms with van der Waals surface area (Å²) in [5.41, 5.74) is 0. The molecule has 0 spiro atoms. The summed E-state index contributed by atoms with van der Waals surface area (Å²) in [7, 11) is -10.7. The zero-order valence-corrected chi connectivity index (χ0v) is 12.1. The third-order valence-corrected chi connectivity index (χ3v) is 1.22. The van der Waals surface area contributed by atoms with Gasteiger partial charge in [-0.25, -0.2) is 0 Å². The first-order chi connectivity index (χ1) is 7.95. The SMILES string of the molecule is F[P-](F)(F)(F)(F)F.[CH]1[CH][CH][CH][CH]1.[Ru+2].c1ccccc1. The Bertz CT molecular complexity index is 273. The molecule has 0 saturated heterocycles. The fourth-order valence-electron chi connectivity index (χ4n) is 0.706. The van der Waals surface area contributed by atoms with Crippen molar-refractivity contribution in [2.24, 2.45) is 0 Å². The van der Waals surface area contributed by atoms with Gasteiger partial charge in [0.15, 0.2) is 0 Å². The summed E-state index contributed by atoms with van der Waals surface area (Å²) in [4.78, 5) is 0. The van der Waals surface area contributed by atoms with E-state index in [2.05, 4.69) is 0 Å². The van der Waals surface area contributed by atoms with Gasteiger partial charge < -0.3 is 0 Å². The van der Waals surface area contributed by atoms with Crippen molar-refractivity contribution in [3.05, 3.63) is 68.5 Å². The maximum atomic E-state index is 9.87. The molecule has 0 amide bonds. The van der Waals surface area contributed by atoms with Crippen molar-refractivity contribution in [1.82, 2.24) is 0 Å². The Balaban J connectivity index is 0. The maximum Gasteiger partial charge on any atom is 2.00 e. The van der Waals surface area contributed by atoms with Crippen molar-refractivity contribution in [1.29, 1.82) is 0 Å². The number of hydrogen-bond acceptors (Lipinski definition) is 0. The minimum absolute atomic E-state index is 0. The molecule has 5 radical (unpaired) electrons. The molecular formula is C11H11F6PRu+. The quantitative estimate of drug-likeness (QED) is 0.286. The van der Waals surface area contributed by atoms with Crippen molar-refractivity contribution < 1.29 is 44.7 Å². The summed E-state index contributed by atoms with van der Waals surface area (Å²) in [6, 6.07) is 12.0. The summed E-state index contributed by atoms with van der Waals surface area (Å²) in [5.74, 6) is 0. The molecule has 0 N–H and O–H groups in total. The summed E-state index contributed by atoms with van der Waals surface area (Å²) in [6.45, 7) is 0. The number of hydrogen-bond donors (Lipinski definition) is 0. The molecule has 19 heavy (non-hydrogen) atoms. The standard InChI is InChI=1S/C6H6.C5H5.F6P.Ru/c1-2-4-6-5-3-1;1-2-4-5-3-1;1-7(2,3,4,5)6;/h1-6H;1-5H;;/q;;-1;+2. The van der Waals surface area contributed by atoms with Gasteiger partial charge in [-0.1, -0.05) is 36.4 Å². The van der Waals surface area contributed by atoms with Crippen molar-refractivity contribution in [3.63, 3.8) is 0 Å². The average Bonchev–Trinajstić information content (AvgIpc) is 2.73. The molecule has 8 heteroatoms. The fraction of sp³-hybridized carbons (Fsp3) is 0. The minimum Gasteiger partial charge on any atom is -0.0623 e. The van der Waals surface area contributed by atoms with Crippen molar-refractivity contribution >= 4 is 7.81 Å². The van der Waals surface area contributed by atoms with Gasteiger partial charge in [0, 0.05) is 0 Å². The van der Waals surface area contributed by atoms with Gasteiger partial charge in [0.05, 0.1) is 0 Å². The van der Waals surface area contributed by atoms with Crippen LogP contribution >= 0.6 is 7.81 Å². The number of halogens is 6. The molecule has 1 aliphatic carbocycles. The van der Waals surface area contributed by atoms with Gasteiger partial charge in [-0.3, -0.25) is 0 Å². The van der Waals surface area contributed by atoms with Crippen LogP contribution in [0.5, 0.6) is 0 Å². The van der Waals surface area contributed by atoms with E-state index in [9.17, 15) is 25.2 Å². The van der Waals surface area contributed by atoms with Gasteiger partial charge >= 0.3 is 52.5 Å². The Morgan fingerprint density at radius 1 is 0.421 bits per heavy atom. The monoisotopic (exact) mass is 390 g/mol. The van der Waals surface area contributed by atoms with E-state index in [4.69, 9.17) is 0 Å². The van der Waals surface area contributed by atoms with E-state index in [-0.39, 0.29) is 19.5 Å². The Hall–Kier alpha value is -0.147. The van der Waals surface area contributed by atoms with Gasteiger partial charge in [0.25, 0.3) is 0 Å². The molecule has 0 nitrogen and oxygen atoms in total. The molecule has 1 saturated carbocycles. The van der Waals surface area contributed by atoms with Crippen LogP contribution in [0.4, 0.5) is 25.2 Å².